The molecular weight excluding hydrogens is 321 g/mol. The second-order valence-corrected chi connectivity index (χ2v) is 7.20. The van der Waals surface area contributed by atoms with E-state index in [0.717, 1.165) is 33.3 Å². The highest BCUT2D eigenvalue weighted by Gasteiger charge is 2.19. The van der Waals surface area contributed by atoms with Gasteiger partial charge in [-0.25, -0.2) is 0 Å². The Labute approximate surface area is 140 Å². The van der Waals surface area contributed by atoms with Crippen LogP contribution in [0, 0.1) is 0 Å². The molecule has 0 unspecified atom stereocenters. The molecule has 1 nitrogen and oxygen atoms in total. The monoisotopic (exact) mass is 337 g/mol. The zero-order valence-electron chi connectivity index (χ0n) is 11.6. The van der Waals surface area contributed by atoms with Crippen LogP contribution < -0.4 is 5.32 Å². The first-order chi connectivity index (χ1) is 10.2. The maximum Gasteiger partial charge on any atom is 0.0545 e. The van der Waals surface area contributed by atoms with Crippen LogP contribution in [0.5, 0.6) is 0 Å². The van der Waals surface area contributed by atoms with Gasteiger partial charge in [0, 0.05) is 28.3 Å². The van der Waals surface area contributed by atoms with Gasteiger partial charge in [0.25, 0.3) is 0 Å². The molecule has 0 amide bonds. The number of rotatable bonds is 6. The van der Waals surface area contributed by atoms with Crippen molar-refractivity contribution in [3.05, 3.63) is 63.6 Å². The predicted molar refractivity (Wildman–Crippen MR) is 92.3 cm³/mol. The molecule has 0 aromatic heterocycles. The van der Waals surface area contributed by atoms with E-state index in [4.69, 9.17) is 23.2 Å². The lowest BCUT2D eigenvalue weighted by molar-refractivity contribution is 0.687. The maximum atomic E-state index is 6.38. The average molecular weight is 338 g/mol. The highest BCUT2D eigenvalue weighted by molar-refractivity contribution is 7.98. The molecule has 1 aliphatic carbocycles. The van der Waals surface area contributed by atoms with E-state index in [9.17, 15) is 0 Å². The zero-order chi connectivity index (χ0) is 14.7. The zero-order valence-corrected chi connectivity index (χ0v) is 13.9. The van der Waals surface area contributed by atoms with Gasteiger partial charge in [-0.1, -0.05) is 41.4 Å². The van der Waals surface area contributed by atoms with E-state index in [-0.39, 0.29) is 0 Å². The van der Waals surface area contributed by atoms with Crippen LogP contribution in [0.15, 0.2) is 47.4 Å². The first-order valence-electron chi connectivity index (χ1n) is 7.10. The minimum atomic E-state index is 0.725. The summed E-state index contributed by atoms with van der Waals surface area (Å²) in [4.78, 5) is 1.13. The van der Waals surface area contributed by atoms with Crippen LogP contribution >= 0.6 is 35.0 Å². The molecule has 4 heteroatoms. The van der Waals surface area contributed by atoms with Gasteiger partial charge in [-0.3, -0.25) is 0 Å². The van der Waals surface area contributed by atoms with E-state index < -0.39 is 0 Å². The number of hydrogen-bond acceptors (Lipinski definition) is 2. The maximum absolute atomic E-state index is 6.38. The van der Waals surface area contributed by atoms with Gasteiger partial charge in [-0.15, -0.1) is 11.8 Å². The minimum Gasteiger partial charge on any atom is -0.310 e. The number of benzene rings is 2. The third-order valence-corrected chi connectivity index (χ3v) is 5.30. The van der Waals surface area contributed by atoms with Crippen molar-refractivity contribution in [3.8, 4) is 0 Å². The largest absolute Gasteiger partial charge is 0.310 e. The lowest BCUT2D eigenvalue weighted by atomic mass is 10.2. The highest BCUT2D eigenvalue weighted by atomic mass is 35.5. The number of hydrogen-bond donors (Lipinski definition) is 1. The van der Waals surface area contributed by atoms with E-state index in [2.05, 4.69) is 35.6 Å². The van der Waals surface area contributed by atoms with E-state index in [0.29, 0.717) is 0 Å². The molecule has 0 aliphatic heterocycles. The lowest BCUT2D eigenvalue weighted by Gasteiger charge is -2.08. The molecule has 3 rings (SSSR count). The Morgan fingerprint density at radius 3 is 2.38 bits per heavy atom. The molecule has 0 saturated heterocycles. The molecular formula is C17H17Cl2NS. The molecule has 1 saturated carbocycles. The quantitative estimate of drug-likeness (QED) is 0.694. The molecule has 2 aromatic carbocycles. The summed E-state index contributed by atoms with van der Waals surface area (Å²) in [5.74, 6) is 0.899. The standard InChI is InChI=1S/C17H17Cl2NS/c18-14-4-1-12(2-5-14)11-21-17-8-3-13(9-16(17)19)10-20-15-6-7-15/h1-5,8-9,15,20H,6-7,10-11H2. The minimum absolute atomic E-state index is 0.725. The van der Waals surface area contributed by atoms with E-state index in [1.165, 1.54) is 24.0 Å². The van der Waals surface area contributed by atoms with Crippen molar-refractivity contribution in [1.82, 2.24) is 5.32 Å². The molecule has 1 N–H and O–H groups in total. The molecule has 2 aromatic rings. The molecule has 1 aliphatic rings. The van der Waals surface area contributed by atoms with Crippen LogP contribution in [0.25, 0.3) is 0 Å². The molecule has 110 valence electrons. The lowest BCUT2D eigenvalue weighted by Crippen LogP contribution is -2.15. The van der Waals surface area contributed by atoms with Gasteiger partial charge in [0.1, 0.15) is 0 Å². The number of thioether (sulfide) groups is 1. The van der Waals surface area contributed by atoms with Crippen LogP contribution in [-0.4, -0.2) is 6.04 Å². The van der Waals surface area contributed by atoms with Gasteiger partial charge < -0.3 is 5.32 Å². The highest BCUT2D eigenvalue weighted by Crippen LogP contribution is 2.31. The summed E-state index contributed by atoms with van der Waals surface area (Å²) in [5.41, 5.74) is 2.50. The van der Waals surface area contributed by atoms with Crippen LogP contribution in [-0.2, 0) is 12.3 Å². The van der Waals surface area contributed by atoms with E-state index in [1.54, 1.807) is 11.8 Å². The van der Waals surface area contributed by atoms with E-state index in [1.807, 2.05) is 12.1 Å². The predicted octanol–water partition coefficient (Wildman–Crippen LogP) is 5.54. The molecule has 0 atom stereocenters. The van der Waals surface area contributed by atoms with Crippen molar-refractivity contribution in [3.63, 3.8) is 0 Å². The van der Waals surface area contributed by atoms with Crippen molar-refractivity contribution in [2.24, 2.45) is 0 Å². The fourth-order valence-electron chi connectivity index (χ4n) is 2.06. The summed E-state index contributed by atoms with van der Waals surface area (Å²) >= 11 is 14.0. The van der Waals surface area contributed by atoms with Crippen molar-refractivity contribution in [2.45, 2.75) is 36.1 Å². The topological polar surface area (TPSA) is 12.0 Å². The normalized spacial score (nSPS) is 14.4. The Bertz CT molecular complexity index is 609. The molecule has 0 radical (unpaired) electrons. The Morgan fingerprint density at radius 2 is 1.71 bits per heavy atom. The van der Waals surface area contributed by atoms with Gasteiger partial charge in [0.15, 0.2) is 0 Å². The third-order valence-electron chi connectivity index (χ3n) is 3.48. The van der Waals surface area contributed by atoms with Crippen LogP contribution in [0.1, 0.15) is 24.0 Å². The van der Waals surface area contributed by atoms with Gasteiger partial charge >= 0.3 is 0 Å². The first-order valence-corrected chi connectivity index (χ1v) is 8.84. The van der Waals surface area contributed by atoms with Crippen molar-refractivity contribution in [1.29, 1.82) is 0 Å². The van der Waals surface area contributed by atoms with Crippen LogP contribution in [0.4, 0.5) is 0 Å². The second kappa shape index (κ2) is 7.06. The van der Waals surface area contributed by atoms with Crippen molar-refractivity contribution in [2.75, 3.05) is 0 Å². The number of nitrogens with one attached hydrogen (secondary N) is 1. The van der Waals surface area contributed by atoms with Gasteiger partial charge in [0.2, 0.25) is 0 Å². The Balaban J connectivity index is 1.58. The van der Waals surface area contributed by atoms with Gasteiger partial charge in [-0.05, 0) is 48.2 Å². The molecule has 1 fully saturated rings. The fraction of sp³-hybridized carbons (Fsp3) is 0.294. The van der Waals surface area contributed by atoms with Gasteiger partial charge in [0.05, 0.1) is 5.02 Å². The second-order valence-electron chi connectivity index (χ2n) is 5.34. The summed E-state index contributed by atoms with van der Waals surface area (Å²) < 4.78 is 0. The Kier molecular flexibility index (Phi) is 5.12. The summed E-state index contributed by atoms with van der Waals surface area (Å²) in [5, 5.41) is 5.11. The molecule has 21 heavy (non-hydrogen) atoms. The van der Waals surface area contributed by atoms with Gasteiger partial charge in [-0.2, -0.15) is 0 Å². The Hall–Kier alpha value is -0.670. The summed E-state index contributed by atoms with van der Waals surface area (Å²) in [6.07, 6.45) is 2.62. The average Bonchev–Trinajstić information content (AvgIpc) is 3.30. The van der Waals surface area contributed by atoms with E-state index >= 15 is 0 Å². The first kappa shape index (κ1) is 15.2. The SMILES string of the molecule is Clc1ccc(CSc2ccc(CNC3CC3)cc2Cl)cc1. The smallest absolute Gasteiger partial charge is 0.0545 e. The summed E-state index contributed by atoms with van der Waals surface area (Å²) in [6, 6.07) is 15.0. The molecule has 0 spiro atoms. The van der Waals surface area contributed by atoms with Crippen molar-refractivity contribution < 1.29 is 0 Å². The van der Waals surface area contributed by atoms with Crippen LogP contribution in [0.2, 0.25) is 10.0 Å². The molecule has 0 bridgehead atoms. The number of halogens is 2. The fourth-order valence-corrected chi connectivity index (χ4v) is 3.43. The summed E-state index contributed by atoms with van der Waals surface area (Å²) in [7, 11) is 0. The molecule has 0 heterocycles. The van der Waals surface area contributed by atoms with Crippen molar-refractivity contribution >= 4 is 35.0 Å². The van der Waals surface area contributed by atoms with Crippen LogP contribution in [0.3, 0.4) is 0 Å². The summed E-state index contributed by atoms with van der Waals surface area (Å²) in [6.45, 7) is 0.909. The Morgan fingerprint density at radius 1 is 1.00 bits per heavy atom. The third kappa shape index (κ3) is 4.65.